The first-order valence-corrected chi connectivity index (χ1v) is 10.0. The van der Waals surface area contributed by atoms with Gasteiger partial charge in [-0.2, -0.15) is 0 Å². The van der Waals surface area contributed by atoms with Gasteiger partial charge in [-0.15, -0.1) is 0 Å². The highest BCUT2D eigenvalue weighted by molar-refractivity contribution is 9.11. The van der Waals surface area contributed by atoms with Crippen molar-refractivity contribution in [1.82, 2.24) is 0 Å². The van der Waals surface area contributed by atoms with Crippen molar-refractivity contribution in [3.63, 3.8) is 0 Å². The molecule has 2 N–H and O–H groups in total. The summed E-state index contributed by atoms with van der Waals surface area (Å²) in [6, 6.07) is 12.1. The van der Waals surface area contributed by atoms with Crippen LogP contribution in [0.15, 0.2) is 56.3 Å². The van der Waals surface area contributed by atoms with E-state index in [0.717, 1.165) is 20.9 Å². The van der Waals surface area contributed by atoms with Crippen LogP contribution in [0.3, 0.4) is 0 Å². The molecule has 0 aliphatic heterocycles. The van der Waals surface area contributed by atoms with Gasteiger partial charge in [0.1, 0.15) is 0 Å². The molecule has 0 spiro atoms. The Morgan fingerprint density at radius 3 is 2.52 bits per heavy atom. The van der Waals surface area contributed by atoms with Crippen LogP contribution < -0.4 is 10.2 Å². The largest absolute Gasteiger partial charge is 0.326 e. The molecule has 0 bridgehead atoms. The molecular formula is C15H15Br2N3O2S. The van der Waals surface area contributed by atoms with Gasteiger partial charge in [-0.05, 0) is 52.3 Å². The molecule has 0 radical (unpaired) electrons. The Morgan fingerprint density at radius 2 is 1.87 bits per heavy atom. The molecule has 23 heavy (non-hydrogen) atoms. The molecule has 2 aromatic rings. The van der Waals surface area contributed by atoms with E-state index in [1.165, 1.54) is 12.1 Å². The number of sulfone groups is 1. The van der Waals surface area contributed by atoms with Crippen LogP contribution in [-0.2, 0) is 9.84 Å². The highest BCUT2D eigenvalue weighted by Gasteiger charge is 2.13. The Labute approximate surface area is 152 Å². The van der Waals surface area contributed by atoms with Gasteiger partial charge in [0, 0.05) is 27.9 Å². The molecule has 0 saturated heterocycles. The highest BCUT2D eigenvalue weighted by Crippen LogP contribution is 2.29. The number of anilines is 2. The van der Waals surface area contributed by atoms with Crippen LogP contribution in [0.2, 0.25) is 0 Å². The molecule has 0 aliphatic carbocycles. The van der Waals surface area contributed by atoms with Crippen LogP contribution in [0.4, 0.5) is 11.4 Å². The van der Waals surface area contributed by atoms with Gasteiger partial charge in [0.15, 0.2) is 15.8 Å². The fraction of sp³-hybridized carbons (Fsp3) is 0.133. The number of halogens is 2. The maximum atomic E-state index is 11.6. The molecule has 0 aromatic heterocycles. The standard InChI is InChI=1S/C15H15Br2N3O2S/c1-20(14-8-10(16)6-7-13(14)17)15(18)19-11-4-3-5-12(9-11)23(2,21)22/h3-9H,1-2H3,(H2,18,19). The van der Waals surface area contributed by atoms with Crippen molar-refractivity contribution in [2.45, 2.75) is 4.90 Å². The predicted octanol–water partition coefficient (Wildman–Crippen LogP) is 4.10. The van der Waals surface area contributed by atoms with Crippen LogP contribution >= 0.6 is 31.9 Å². The van der Waals surface area contributed by atoms with Crippen molar-refractivity contribution in [1.29, 1.82) is 5.41 Å². The average Bonchev–Trinajstić information content (AvgIpc) is 2.48. The van der Waals surface area contributed by atoms with Crippen LogP contribution in [0.5, 0.6) is 0 Å². The van der Waals surface area contributed by atoms with Gasteiger partial charge in [-0.1, -0.05) is 22.0 Å². The number of rotatable bonds is 3. The van der Waals surface area contributed by atoms with E-state index >= 15 is 0 Å². The van der Waals surface area contributed by atoms with Crippen molar-refractivity contribution in [3.05, 3.63) is 51.4 Å². The van der Waals surface area contributed by atoms with Gasteiger partial charge in [0.05, 0.1) is 10.6 Å². The van der Waals surface area contributed by atoms with E-state index in [1.807, 2.05) is 18.2 Å². The Bertz CT molecular complexity index is 854. The Hall–Kier alpha value is -1.38. The minimum atomic E-state index is -3.28. The summed E-state index contributed by atoms with van der Waals surface area (Å²) in [6.45, 7) is 0. The first-order chi connectivity index (χ1) is 10.7. The second-order valence-electron chi connectivity index (χ2n) is 4.93. The quantitative estimate of drug-likeness (QED) is 0.534. The normalized spacial score (nSPS) is 11.1. The number of benzene rings is 2. The SMILES string of the molecule is CN(C(=N)Nc1cccc(S(C)(=O)=O)c1)c1cc(Br)ccc1Br. The van der Waals surface area contributed by atoms with E-state index in [9.17, 15) is 8.42 Å². The topological polar surface area (TPSA) is 73.3 Å². The second kappa shape index (κ2) is 7.02. The number of nitrogens with zero attached hydrogens (tertiary/aromatic N) is 1. The summed E-state index contributed by atoms with van der Waals surface area (Å²) in [6.07, 6.45) is 1.15. The van der Waals surface area contributed by atoms with E-state index in [4.69, 9.17) is 5.41 Å². The number of hydrogen-bond acceptors (Lipinski definition) is 3. The third-order valence-electron chi connectivity index (χ3n) is 3.13. The van der Waals surface area contributed by atoms with Gasteiger partial charge in [-0.3, -0.25) is 5.41 Å². The van der Waals surface area contributed by atoms with Gasteiger partial charge in [-0.25, -0.2) is 8.42 Å². The Morgan fingerprint density at radius 1 is 1.17 bits per heavy atom. The monoisotopic (exact) mass is 459 g/mol. The Balaban J connectivity index is 2.24. The minimum absolute atomic E-state index is 0.120. The molecule has 2 aromatic carbocycles. The predicted molar refractivity (Wildman–Crippen MR) is 101 cm³/mol. The molecule has 0 amide bonds. The van der Waals surface area contributed by atoms with Crippen LogP contribution in [-0.4, -0.2) is 27.7 Å². The first kappa shape index (κ1) is 18.0. The minimum Gasteiger partial charge on any atom is -0.326 e. The fourth-order valence-electron chi connectivity index (χ4n) is 1.89. The van der Waals surface area contributed by atoms with Crippen molar-refractivity contribution < 1.29 is 8.42 Å². The summed E-state index contributed by atoms with van der Waals surface area (Å²) in [4.78, 5) is 1.86. The number of hydrogen-bond donors (Lipinski definition) is 2. The summed E-state index contributed by atoms with van der Waals surface area (Å²) in [5, 5.41) is 11.1. The maximum Gasteiger partial charge on any atom is 0.199 e. The van der Waals surface area contributed by atoms with E-state index in [1.54, 1.807) is 24.1 Å². The molecule has 2 rings (SSSR count). The van der Waals surface area contributed by atoms with Gasteiger partial charge in [0.25, 0.3) is 0 Å². The van der Waals surface area contributed by atoms with Gasteiger partial charge in [0.2, 0.25) is 0 Å². The smallest absolute Gasteiger partial charge is 0.199 e. The molecule has 0 atom stereocenters. The highest BCUT2D eigenvalue weighted by atomic mass is 79.9. The lowest BCUT2D eigenvalue weighted by atomic mass is 10.3. The third kappa shape index (κ3) is 4.55. The van der Waals surface area contributed by atoms with Gasteiger partial charge >= 0.3 is 0 Å². The first-order valence-electron chi connectivity index (χ1n) is 6.53. The molecule has 122 valence electrons. The van der Waals surface area contributed by atoms with Crippen LogP contribution in [0.25, 0.3) is 0 Å². The summed E-state index contributed by atoms with van der Waals surface area (Å²) >= 11 is 6.86. The van der Waals surface area contributed by atoms with Crippen LogP contribution in [0.1, 0.15) is 0 Å². The summed E-state index contributed by atoms with van der Waals surface area (Å²) < 4.78 is 25.0. The van der Waals surface area contributed by atoms with Crippen molar-refractivity contribution in [3.8, 4) is 0 Å². The summed E-state index contributed by atoms with van der Waals surface area (Å²) in [5.74, 6) is 0.120. The third-order valence-corrected chi connectivity index (χ3v) is 5.40. The number of nitrogens with one attached hydrogen (secondary N) is 2. The molecule has 5 nitrogen and oxygen atoms in total. The van der Waals surface area contributed by atoms with Crippen molar-refractivity contribution >= 4 is 59.0 Å². The molecule has 0 saturated carbocycles. The molecule has 0 unspecified atom stereocenters. The zero-order valence-electron chi connectivity index (χ0n) is 12.5. The van der Waals surface area contributed by atoms with Crippen molar-refractivity contribution in [2.24, 2.45) is 0 Å². The van der Waals surface area contributed by atoms with E-state index in [-0.39, 0.29) is 10.9 Å². The molecule has 0 heterocycles. The summed E-state index contributed by atoms with van der Waals surface area (Å²) in [7, 11) is -1.53. The molecule has 8 heteroatoms. The van der Waals surface area contributed by atoms with E-state index in [2.05, 4.69) is 37.2 Å². The molecular weight excluding hydrogens is 446 g/mol. The molecule has 0 aliphatic rings. The lowest BCUT2D eigenvalue weighted by Crippen LogP contribution is -2.32. The van der Waals surface area contributed by atoms with E-state index in [0.29, 0.717) is 5.69 Å². The lowest BCUT2D eigenvalue weighted by Gasteiger charge is -2.22. The number of guanidine groups is 1. The fourth-order valence-corrected chi connectivity index (χ4v) is 3.42. The van der Waals surface area contributed by atoms with Crippen LogP contribution in [0, 0.1) is 5.41 Å². The maximum absolute atomic E-state index is 11.6. The second-order valence-corrected chi connectivity index (χ2v) is 8.71. The summed E-state index contributed by atoms with van der Waals surface area (Å²) in [5.41, 5.74) is 1.34. The van der Waals surface area contributed by atoms with E-state index < -0.39 is 9.84 Å². The lowest BCUT2D eigenvalue weighted by molar-refractivity contribution is 0.602. The van der Waals surface area contributed by atoms with Gasteiger partial charge < -0.3 is 10.2 Å². The zero-order valence-corrected chi connectivity index (χ0v) is 16.5. The zero-order chi connectivity index (χ0) is 17.2. The molecule has 0 fully saturated rings. The Kier molecular flexibility index (Phi) is 5.49. The average molecular weight is 461 g/mol. The van der Waals surface area contributed by atoms with Crippen molar-refractivity contribution in [2.75, 3.05) is 23.5 Å².